The molecule has 0 aliphatic heterocycles. The van der Waals surface area contributed by atoms with Crippen LogP contribution in [0.4, 0.5) is 5.69 Å². The van der Waals surface area contributed by atoms with Crippen LogP contribution in [0.3, 0.4) is 0 Å². The lowest BCUT2D eigenvalue weighted by Gasteiger charge is -2.26. The number of carbonyl (C=O) groups is 2. The molecule has 9 nitrogen and oxygen atoms in total. The minimum atomic E-state index is -0.905. The first kappa shape index (κ1) is 27.5. The van der Waals surface area contributed by atoms with E-state index in [4.69, 9.17) is 40.2 Å². The lowest BCUT2D eigenvalue weighted by Crippen LogP contribution is -2.46. The number of thiocarbonyl (C=S) groups is 1. The summed E-state index contributed by atoms with van der Waals surface area (Å²) in [6.07, 6.45) is 2.67. The van der Waals surface area contributed by atoms with Crippen molar-refractivity contribution in [3.05, 3.63) is 62.3 Å². The zero-order chi connectivity index (χ0) is 26.9. The number of nitrogens with one attached hydrogen (secondary N) is 2. The Kier molecular flexibility index (Phi) is 8.20. The summed E-state index contributed by atoms with van der Waals surface area (Å²) in [6, 6.07) is 7.72. The van der Waals surface area contributed by atoms with E-state index in [-0.39, 0.29) is 51.4 Å². The number of carbonyl (C=O) groups excluding carboxylic acids is 2. The maximum absolute atomic E-state index is 13.6. The topological polar surface area (TPSA) is 118 Å². The van der Waals surface area contributed by atoms with Crippen LogP contribution >= 0.6 is 51.3 Å². The second kappa shape index (κ2) is 11.0. The highest BCUT2D eigenvalue weighted by molar-refractivity contribution is 9.10. The number of benzene rings is 1. The molecular formula is C24H22BrCl2N5O4S. The monoisotopic (exact) mass is 625 g/mol. The SMILES string of the molecule is CC(C)(CO)NC(=O)c1cc(Cl)cc(Br)c1NC(=O)c1cc(OC2CC(=S)C2)nn1-c1ncccc1Cl. The fourth-order valence-electron chi connectivity index (χ4n) is 3.45. The molecule has 0 spiro atoms. The minimum Gasteiger partial charge on any atom is -0.473 e. The van der Waals surface area contributed by atoms with Crippen molar-refractivity contribution in [1.29, 1.82) is 0 Å². The van der Waals surface area contributed by atoms with Crippen LogP contribution in [0, 0.1) is 0 Å². The van der Waals surface area contributed by atoms with Gasteiger partial charge in [-0.15, -0.1) is 5.10 Å². The lowest BCUT2D eigenvalue weighted by molar-refractivity contribution is 0.0870. The van der Waals surface area contributed by atoms with E-state index in [0.29, 0.717) is 17.3 Å². The van der Waals surface area contributed by atoms with Crippen molar-refractivity contribution in [1.82, 2.24) is 20.1 Å². The van der Waals surface area contributed by atoms with E-state index in [0.717, 1.165) is 4.86 Å². The summed E-state index contributed by atoms with van der Waals surface area (Å²) in [4.78, 5) is 31.8. The molecule has 13 heteroatoms. The molecule has 4 rings (SSSR count). The van der Waals surface area contributed by atoms with Crippen molar-refractivity contribution in [2.24, 2.45) is 0 Å². The van der Waals surface area contributed by atoms with E-state index in [2.05, 4.69) is 36.6 Å². The number of ether oxygens (including phenoxy) is 1. The number of aliphatic hydroxyl groups excluding tert-OH is 1. The van der Waals surface area contributed by atoms with E-state index in [1.165, 1.54) is 23.0 Å². The van der Waals surface area contributed by atoms with Crippen molar-refractivity contribution in [3.63, 3.8) is 0 Å². The van der Waals surface area contributed by atoms with E-state index in [1.807, 2.05) is 0 Å². The summed E-state index contributed by atoms with van der Waals surface area (Å²) in [5.74, 6) is -0.709. The maximum Gasteiger partial charge on any atom is 0.274 e. The highest BCUT2D eigenvalue weighted by atomic mass is 79.9. The molecular weight excluding hydrogens is 605 g/mol. The Morgan fingerprint density at radius 3 is 2.65 bits per heavy atom. The molecule has 1 aromatic carbocycles. The van der Waals surface area contributed by atoms with Gasteiger partial charge in [-0.1, -0.05) is 35.4 Å². The first-order chi connectivity index (χ1) is 17.5. The quantitative estimate of drug-likeness (QED) is 0.301. The van der Waals surface area contributed by atoms with Gasteiger partial charge in [-0.2, -0.15) is 0 Å². The Labute approximate surface area is 236 Å². The minimum absolute atomic E-state index is 0.0707. The zero-order valence-electron chi connectivity index (χ0n) is 19.7. The first-order valence-electron chi connectivity index (χ1n) is 11.1. The number of amides is 2. The van der Waals surface area contributed by atoms with Crippen molar-refractivity contribution in [2.75, 3.05) is 11.9 Å². The molecule has 1 aliphatic rings. The number of hydrogen-bond donors (Lipinski definition) is 3. The summed E-state index contributed by atoms with van der Waals surface area (Å²) >= 11 is 21.1. The van der Waals surface area contributed by atoms with Gasteiger partial charge in [0.1, 0.15) is 11.8 Å². The Morgan fingerprint density at radius 1 is 1.27 bits per heavy atom. The van der Waals surface area contributed by atoms with Gasteiger partial charge in [-0.3, -0.25) is 9.59 Å². The van der Waals surface area contributed by atoms with Crippen LogP contribution in [0.25, 0.3) is 5.82 Å². The number of aromatic nitrogens is 3. The van der Waals surface area contributed by atoms with Crippen LogP contribution in [-0.4, -0.2) is 54.8 Å². The fourth-order valence-corrected chi connectivity index (χ4v) is 4.93. The number of pyridine rings is 1. The summed E-state index contributed by atoms with van der Waals surface area (Å²) in [6.45, 7) is 3.03. The average Bonchev–Trinajstić information content (AvgIpc) is 3.23. The van der Waals surface area contributed by atoms with Crippen molar-refractivity contribution in [3.8, 4) is 11.7 Å². The largest absolute Gasteiger partial charge is 0.473 e. The average molecular weight is 627 g/mol. The molecule has 0 radical (unpaired) electrons. The zero-order valence-corrected chi connectivity index (χ0v) is 23.6. The second-order valence-corrected chi connectivity index (χ2v) is 11.3. The molecule has 194 valence electrons. The van der Waals surface area contributed by atoms with Gasteiger partial charge in [0.15, 0.2) is 5.82 Å². The van der Waals surface area contributed by atoms with Gasteiger partial charge in [0.05, 0.1) is 28.4 Å². The Morgan fingerprint density at radius 2 is 2.00 bits per heavy atom. The summed E-state index contributed by atoms with van der Waals surface area (Å²) < 4.78 is 7.54. The molecule has 2 heterocycles. The molecule has 37 heavy (non-hydrogen) atoms. The van der Waals surface area contributed by atoms with Crippen molar-refractivity contribution >= 4 is 73.7 Å². The Balaban J connectivity index is 1.71. The maximum atomic E-state index is 13.6. The standard InChI is InChI=1S/C24H22BrCl2N5O4S/c1-24(2,11-33)30-22(34)15-6-12(26)7-16(25)20(15)29-23(35)18-10-19(36-13-8-14(37)9-13)31-32(18)21-17(27)4-3-5-28-21/h3-7,10,13,33H,8-9,11H2,1-2H3,(H,29,35)(H,30,34). The van der Waals surface area contributed by atoms with Crippen LogP contribution in [0.15, 0.2) is 41.0 Å². The normalized spacial score (nSPS) is 13.7. The number of rotatable bonds is 8. The van der Waals surface area contributed by atoms with Crippen LogP contribution in [0.5, 0.6) is 5.88 Å². The fraction of sp³-hybridized carbons (Fsp3) is 0.292. The number of nitrogens with zero attached hydrogens (tertiary/aromatic N) is 3. The third-order valence-electron chi connectivity index (χ3n) is 5.44. The Hall–Kier alpha value is -2.57. The number of halogens is 3. The third kappa shape index (κ3) is 6.29. The molecule has 0 atom stereocenters. The molecule has 0 unspecified atom stereocenters. The molecule has 3 aromatic rings. The molecule has 3 N–H and O–H groups in total. The summed E-state index contributed by atoms with van der Waals surface area (Å²) in [7, 11) is 0. The van der Waals surface area contributed by atoms with Gasteiger partial charge in [-0.05, 0) is 54.0 Å². The molecule has 2 aromatic heterocycles. The molecule has 2 amide bonds. The van der Waals surface area contributed by atoms with Gasteiger partial charge in [0, 0.05) is 39.5 Å². The summed E-state index contributed by atoms with van der Waals surface area (Å²) in [5.41, 5.74) is -0.568. The molecule has 1 aliphatic carbocycles. The van der Waals surface area contributed by atoms with Gasteiger partial charge in [0.25, 0.3) is 11.8 Å². The van der Waals surface area contributed by atoms with Gasteiger partial charge < -0.3 is 20.5 Å². The number of aliphatic hydroxyl groups is 1. The van der Waals surface area contributed by atoms with E-state index >= 15 is 0 Å². The van der Waals surface area contributed by atoms with Crippen LogP contribution in [-0.2, 0) is 0 Å². The first-order valence-corrected chi connectivity index (χ1v) is 13.1. The van der Waals surface area contributed by atoms with E-state index < -0.39 is 17.4 Å². The highest BCUT2D eigenvalue weighted by Gasteiger charge is 2.29. The number of anilines is 1. The molecule has 1 saturated carbocycles. The Bertz CT molecular complexity index is 1390. The van der Waals surface area contributed by atoms with Gasteiger partial charge in [-0.25, -0.2) is 9.67 Å². The van der Waals surface area contributed by atoms with Crippen molar-refractivity contribution < 1.29 is 19.4 Å². The predicted molar refractivity (Wildman–Crippen MR) is 148 cm³/mol. The highest BCUT2D eigenvalue weighted by Crippen LogP contribution is 2.32. The van der Waals surface area contributed by atoms with Crippen molar-refractivity contribution in [2.45, 2.75) is 38.3 Å². The molecule has 0 bridgehead atoms. The van der Waals surface area contributed by atoms with E-state index in [1.54, 1.807) is 32.0 Å². The molecule has 1 fully saturated rings. The van der Waals surface area contributed by atoms with Gasteiger partial charge >= 0.3 is 0 Å². The van der Waals surface area contributed by atoms with Crippen LogP contribution in [0.1, 0.15) is 47.5 Å². The third-order valence-corrected chi connectivity index (χ3v) is 6.91. The lowest BCUT2D eigenvalue weighted by atomic mass is 9.96. The second-order valence-electron chi connectivity index (χ2n) is 9.04. The van der Waals surface area contributed by atoms with Crippen LogP contribution in [0.2, 0.25) is 10.0 Å². The smallest absolute Gasteiger partial charge is 0.274 e. The predicted octanol–water partition coefficient (Wildman–Crippen LogP) is 5.00. The van der Waals surface area contributed by atoms with E-state index in [9.17, 15) is 14.7 Å². The van der Waals surface area contributed by atoms with Crippen LogP contribution < -0.4 is 15.4 Å². The molecule has 0 saturated heterocycles. The number of hydrogen-bond acceptors (Lipinski definition) is 7. The van der Waals surface area contributed by atoms with Gasteiger partial charge in [0.2, 0.25) is 5.88 Å². The summed E-state index contributed by atoms with van der Waals surface area (Å²) in [5, 5.41) is 20.0.